The third-order valence-corrected chi connectivity index (χ3v) is 5.08. The molecule has 0 bridgehead atoms. The molecule has 0 saturated carbocycles. The number of nitrogens with zero attached hydrogens (tertiary/aromatic N) is 1. The molecule has 0 radical (unpaired) electrons. The van der Waals surface area contributed by atoms with Crippen molar-refractivity contribution in [3.05, 3.63) is 28.8 Å². The highest BCUT2D eigenvalue weighted by molar-refractivity contribution is 5.73. The van der Waals surface area contributed by atoms with Crippen molar-refractivity contribution in [1.82, 2.24) is 10.2 Å². The van der Waals surface area contributed by atoms with Crippen molar-refractivity contribution in [3.8, 4) is 5.75 Å². The Balaban J connectivity index is 2.23. The van der Waals surface area contributed by atoms with E-state index in [1.165, 1.54) is 5.56 Å². The first-order valence-electron chi connectivity index (χ1n) is 9.25. The lowest BCUT2D eigenvalue weighted by atomic mass is 9.79. The van der Waals surface area contributed by atoms with Crippen LogP contribution in [0.2, 0.25) is 0 Å². The standard InChI is InChI=1S/C21H34N2O2/c1-14(24)23-9-8-17(13-23)22-12-15-10-16(20(2,3)4)11-18(19(15)25)21(5,6)7/h10-11,17,22,25H,8-9,12-13H2,1-7H3/t17-/m1/s1. The minimum absolute atomic E-state index is 0.0290. The molecule has 1 aliphatic rings. The Morgan fingerprint density at radius 1 is 1.20 bits per heavy atom. The van der Waals surface area contributed by atoms with E-state index >= 15 is 0 Å². The number of carbonyl (C=O) groups is 1. The Bertz CT molecular complexity index is 639. The van der Waals surface area contributed by atoms with Crippen LogP contribution in [0.4, 0.5) is 0 Å². The maximum absolute atomic E-state index is 11.5. The second kappa shape index (κ2) is 6.99. The molecule has 1 aromatic rings. The van der Waals surface area contributed by atoms with Crippen molar-refractivity contribution >= 4 is 5.91 Å². The molecular weight excluding hydrogens is 312 g/mol. The smallest absolute Gasteiger partial charge is 0.219 e. The second-order valence-corrected chi connectivity index (χ2v) is 9.36. The van der Waals surface area contributed by atoms with Gasteiger partial charge in [-0.25, -0.2) is 0 Å². The average Bonchev–Trinajstić information content (AvgIpc) is 2.92. The van der Waals surface area contributed by atoms with Gasteiger partial charge < -0.3 is 15.3 Å². The molecule has 1 fully saturated rings. The van der Waals surface area contributed by atoms with Crippen LogP contribution in [-0.2, 0) is 22.2 Å². The summed E-state index contributed by atoms with van der Waals surface area (Å²) in [5, 5.41) is 14.4. The fourth-order valence-corrected chi connectivity index (χ4v) is 3.30. The molecule has 2 N–H and O–H groups in total. The number of benzene rings is 1. The molecule has 1 saturated heterocycles. The number of likely N-dealkylation sites (tertiary alicyclic amines) is 1. The lowest BCUT2D eigenvalue weighted by Gasteiger charge is -2.28. The van der Waals surface area contributed by atoms with E-state index < -0.39 is 0 Å². The van der Waals surface area contributed by atoms with E-state index in [9.17, 15) is 9.90 Å². The SMILES string of the molecule is CC(=O)N1CC[C@@H](NCc2cc(C(C)(C)C)cc(C(C)(C)C)c2O)C1. The first-order chi connectivity index (χ1) is 11.4. The van der Waals surface area contributed by atoms with E-state index in [1.807, 2.05) is 4.90 Å². The highest BCUT2D eigenvalue weighted by atomic mass is 16.3. The van der Waals surface area contributed by atoms with E-state index in [-0.39, 0.29) is 16.7 Å². The van der Waals surface area contributed by atoms with Crippen molar-refractivity contribution in [3.63, 3.8) is 0 Å². The van der Waals surface area contributed by atoms with E-state index in [2.05, 4.69) is 59.0 Å². The zero-order chi connectivity index (χ0) is 19.0. The number of phenolic OH excluding ortho intramolecular Hbond substituents is 1. The number of nitrogens with one attached hydrogen (secondary N) is 1. The molecule has 0 unspecified atom stereocenters. The van der Waals surface area contributed by atoms with Crippen molar-refractivity contribution in [2.75, 3.05) is 13.1 Å². The molecule has 2 rings (SSSR count). The number of carbonyl (C=O) groups excluding carboxylic acids is 1. The van der Waals surface area contributed by atoms with Gasteiger partial charge in [-0.15, -0.1) is 0 Å². The van der Waals surface area contributed by atoms with Crippen LogP contribution in [0.15, 0.2) is 12.1 Å². The lowest BCUT2D eigenvalue weighted by Crippen LogP contribution is -2.34. The Morgan fingerprint density at radius 3 is 2.32 bits per heavy atom. The van der Waals surface area contributed by atoms with E-state index in [1.54, 1.807) is 6.92 Å². The Labute approximate surface area is 152 Å². The summed E-state index contributed by atoms with van der Waals surface area (Å²) in [4.78, 5) is 13.4. The molecule has 140 valence electrons. The summed E-state index contributed by atoms with van der Waals surface area (Å²) in [6, 6.07) is 4.56. The fraction of sp³-hybridized carbons (Fsp3) is 0.667. The van der Waals surface area contributed by atoms with Gasteiger partial charge in [0.15, 0.2) is 0 Å². The monoisotopic (exact) mass is 346 g/mol. The number of amides is 1. The number of rotatable bonds is 3. The molecule has 0 aliphatic carbocycles. The molecule has 1 amide bonds. The first-order valence-corrected chi connectivity index (χ1v) is 9.25. The maximum atomic E-state index is 11.5. The predicted molar refractivity (Wildman–Crippen MR) is 103 cm³/mol. The van der Waals surface area contributed by atoms with Crippen molar-refractivity contribution in [2.24, 2.45) is 0 Å². The van der Waals surface area contributed by atoms with Crippen LogP contribution < -0.4 is 5.32 Å². The van der Waals surface area contributed by atoms with Gasteiger partial charge in [0.25, 0.3) is 0 Å². The number of hydrogen-bond donors (Lipinski definition) is 2. The van der Waals surface area contributed by atoms with Gasteiger partial charge in [-0.05, 0) is 28.4 Å². The number of phenols is 1. The Hall–Kier alpha value is -1.55. The predicted octanol–water partition coefficient (Wildman–Crippen LogP) is 3.70. The topological polar surface area (TPSA) is 52.6 Å². The third-order valence-electron chi connectivity index (χ3n) is 5.08. The van der Waals surface area contributed by atoms with Crippen molar-refractivity contribution in [1.29, 1.82) is 0 Å². The zero-order valence-corrected chi connectivity index (χ0v) is 16.9. The highest BCUT2D eigenvalue weighted by Gasteiger charge is 2.27. The molecule has 1 heterocycles. The fourth-order valence-electron chi connectivity index (χ4n) is 3.30. The van der Waals surface area contributed by atoms with Crippen LogP contribution in [0.5, 0.6) is 5.75 Å². The van der Waals surface area contributed by atoms with Crippen LogP contribution in [-0.4, -0.2) is 35.0 Å². The van der Waals surface area contributed by atoms with Gasteiger partial charge in [-0.3, -0.25) is 4.79 Å². The molecule has 1 aliphatic heterocycles. The number of aromatic hydroxyl groups is 1. The minimum atomic E-state index is -0.112. The first kappa shape index (κ1) is 19.8. The lowest BCUT2D eigenvalue weighted by molar-refractivity contribution is -0.127. The van der Waals surface area contributed by atoms with Crippen molar-refractivity contribution < 1.29 is 9.90 Å². The van der Waals surface area contributed by atoms with Gasteiger partial charge in [0.2, 0.25) is 5.91 Å². The normalized spacial score (nSPS) is 18.7. The highest BCUT2D eigenvalue weighted by Crippen LogP contribution is 2.37. The summed E-state index contributed by atoms with van der Waals surface area (Å²) in [5.41, 5.74) is 3.09. The average molecular weight is 347 g/mol. The minimum Gasteiger partial charge on any atom is -0.507 e. The van der Waals surface area contributed by atoms with Crippen LogP contribution in [0.1, 0.15) is 71.6 Å². The van der Waals surface area contributed by atoms with Crippen LogP contribution in [0.3, 0.4) is 0 Å². The zero-order valence-electron chi connectivity index (χ0n) is 16.9. The van der Waals surface area contributed by atoms with E-state index in [0.717, 1.165) is 30.6 Å². The summed E-state index contributed by atoms with van der Waals surface area (Å²) in [5.74, 6) is 0.534. The Kier molecular flexibility index (Phi) is 5.53. The second-order valence-electron chi connectivity index (χ2n) is 9.36. The van der Waals surface area contributed by atoms with E-state index in [4.69, 9.17) is 0 Å². The van der Waals surface area contributed by atoms with Gasteiger partial charge >= 0.3 is 0 Å². The van der Waals surface area contributed by atoms with Crippen molar-refractivity contribution in [2.45, 2.75) is 78.3 Å². The summed E-state index contributed by atoms with van der Waals surface area (Å²) in [7, 11) is 0. The molecule has 25 heavy (non-hydrogen) atoms. The van der Waals surface area contributed by atoms with E-state index in [0.29, 0.717) is 18.3 Å². The van der Waals surface area contributed by atoms with Gasteiger partial charge in [-0.2, -0.15) is 0 Å². The largest absolute Gasteiger partial charge is 0.507 e. The summed E-state index contributed by atoms with van der Waals surface area (Å²) >= 11 is 0. The molecule has 1 aromatic carbocycles. The third kappa shape index (κ3) is 4.75. The van der Waals surface area contributed by atoms with Gasteiger partial charge in [0, 0.05) is 38.2 Å². The van der Waals surface area contributed by atoms with Gasteiger partial charge in [0.1, 0.15) is 5.75 Å². The van der Waals surface area contributed by atoms with Crippen LogP contribution in [0, 0.1) is 0 Å². The summed E-state index contributed by atoms with van der Waals surface area (Å²) < 4.78 is 0. The molecule has 4 heteroatoms. The molecular formula is C21H34N2O2. The number of hydrogen-bond acceptors (Lipinski definition) is 3. The molecule has 0 aromatic heterocycles. The maximum Gasteiger partial charge on any atom is 0.219 e. The Morgan fingerprint density at radius 2 is 1.84 bits per heavy atom. The van der Waals surface area contributed by atoms with Gasteiger partial charge in [0.05, 0.1) is 0 Å². The quantitative estimate of drug-likeness (QED) is 0.877. The van der Waals surface area contributed by atoms with Gasteiger partial charge in [-0.1, -0.05) is 53.7 Å². The molecule has 1 atom stereocenters. The molecule has 0 spiro atoms. The van der Waals surface area contributed by atoms with Crippen LogP contribution >= 0.6 is 0 Å². The van der Waals surface area contributed by atoms with Crippen LogP contribution in [0.25, 0.3) is 0 Å². The summed E-state index contributed by atoms with van der Waals surface area (Å²) in [6.45, 7) is 16.8. The summed E-state index contributed by atoms with van der Waals surface area (Å²) in [6.07, 6.45) is 0.964. The molecule has 4 nitrogen and oxygen atoms in total.